The Kier molecular flexibility index (Phi) is 4.75. The molecule has 1 atom stereocenters. The minimum atomic E-state index is -4.52. The van der Waals surface area contributed by atoms with Gasteiger partial charge in [-0.05, 0) is 10.4 Å². The number of aliphatic carboxylic acids is 1. The van der Waals surface area contributed by atoms with Gasteiger partial charge in [-0.2, -0.15) is 8.78 Å². The fraction of sp³-hybridized carbons (Fsp3) is 0.750. The normalized spacial score (nSPS) is 13.8. The third-order valence-corrected chi connectivity index (χ3v) is 2.22. The van der Waals surface area contributed by atoms with Gasteiger partial charge in [0.15, 0.2) is 0 Å². The minimum Gasteiger partial charge on any atom is -0.481 e. The van der Waals surface area contributed by atoms with Crippen molar-refractivity contribution in [1.82, 2.24) is 20.2 Å². The number of rotatable bonds is 7. The van der Waals surface area contributed by atoms with Crippen LogP contribution in [0.2, 0.25) is 0 Å². The third-order valence-electron chi connectivity index (χ3n) is 2.22. The molecule has 0 aliphatic rings. The molecule has 11 heteroatoms. The number of carboxylic acid groups (broad SMARTS) is 1. The summed E-state index contributed by atoms with van der Waals surface area (Å²) in [5, 5.41) is 17.4. The Bertz CT molecular complexity index is 439. The number of aromatic nitrogens is 4. The van der Waals surface area contributed by atoms with Gasteiger partial charge in [-0.1, -0.05) is 0 Å². The molecular formula is C8H10F4N4O3. The molecule has 0 aliphatic heterocycles. The van der Waals surface area contributed by atoms with Crippen LogP contribution in [0, 0.1) is 0 Å². The summed E-state index contributed by atoms with van der Waals surface area (Å²) in [5.74, 6) is -7.09. The van der Waals surface area contributed by atoms with Gasteiger partial charge in [0.05, 0.1) is 19.1 Å². The van der Waals surface area contributed by atoms with E-state index in [0.717, 1.165) is 7.11 Å². The molecule has 0 saturated heterocycles. The van der Waals surface area contributed by atoms with Crippen molar-refractivity contribution < 1.29 is 32.2 Å². The molecule has 0 radical (unpaired) electrons. The van der Waals surface area contributed by atoms with Crippen molar-refractivity contribution in [1.29, 1.82) is 0 Å². The van der Waals surface area contributed by atoms with Gasteiger partial charge in [0.1, 0.15) is 0 Å². The van der Waals surface area contributed by atoms with Gasteiger partial charge in [-0.25, -0.2) is 13.5 Å². The number of hydrogen-bond donors (Lipinski definition) is 1. The van der Waals surface area contributed by atoms with Crippen LogP contribution in [0.15, 0.2) is 0 Å². The number of ether oxygens (including phenoxy) is 1. The number of halogens is 4. The predicted octanol–water partition coefficient (Wildman–Crippen LogP) is 0.520. The minimum absolute atomic E-state index is 0.406. The SMILES string of the molecule is COC(CC(=O)O)Cn1nnnc1C(F)(F)C(F)F. The molecule has 1 N–H and O–H groups in total. The highest BCUT2D eigenvalue weighted by Gasteiger charge is 2.48. The molecule has 1 rings (SSSR count). The lowest BCUT2D eigenvalue weighted by atomic mass is 10.2. The highest BCUT2D eigenvalue weighted by molar-refractivity contribution is 5.67. The lowest BCUT2D eigenvalue weighted by molar-refractivity contribution is -0.145. The van der Waals surface area contributed by atoms with E-state index in [1.807, 2.05) is 0 Å². The first-order valence-corrected chi connectivity index (χ1v) is 4.96. The molecule has 0 aromatic carbocycles. The molecule has 1 aromatic rings. The average Bonchev–Trinajstić information content (AvgIpc) is 2.75. The van der Waals surface area contributed by atoms with Crippen molar-refractivity contribution in [3.8, 4) is 0 Å². The number of carboxylic acids is 1. The summed E-state index contributed by atoms with van der Waals surface area (Å²) in [4.78, 5) is 10.5. The molecule has 0 saturated carbocycles. The summed E-state index contributed by atoms with van der Waals surface area (Å²) in [6, 6.07) is 0. The van der Waals surface area contributed by atoms with E-state index in [-0.39, 0.29) is 0 Å². The summed E-state index contributed by atoms with van der Waals surface area (Å²) in [5.41, 5.74) is 0. The number of methoxy groups -OCH3 is 1. The van der Waals surface area contributed by atoms with Gasteiger partial charge >= 0.3 is 18.3 Å². The van der Waals surface area contributed by atoms with Crippen LogP contribution in [0.1, 0.15) is 12.2 Å². The third kappa shape index (κ3) is 3.59. The number of tetrazole rings is 1. The molecule has 0 amide bonds. The van der Waals surface area contributed by atoms with Crippen LogP contribution in [-0.4, -0.2) is 50.9 Å². The van der Waals surface area contributed by atoms with Crippen molar-refractivity contribution in [2.45, 2.75) is 31.4 Å². The summed E-state index contributed by atoms with van der Waals surface area (Å²) in [6.45, 7) is -0.479. The number of carbonyl (C=O) groups is 1. The molecular weight excluding hydrogens is 276 g/mol. The van der Waals surface area contributed by atoms with E-state index >= 15 is 0 Å². The van der Waals surface area contributed by atoms with Crippen LogP contribution in [0.5, 0.6) is 0 Å². The zero-order chi connectivity index (χ0) is 14.6. The second-order valence-electron chi connectivity index (χ2n) is 3.56. The Morgan fingerprint density at radius 2 is 2.16 bits per heavy atom. The number of hydrogen-bond acceptors (Lipinski definition) is 5. The number of nitrogens with zero attached hydrogens (tertiary/aromatic N) is 4. The van der Waals surface area contributed by atoms with Crippen molar-refractivity contribution in [2.24, 2.45) is 0 Å². The van der Waals surface area contributed by atoms with E-state index in [1.54, 1.807) is 0 Å². The Hall–Kier alpha value is -1.78. The lowest BCUT2D eigenvalue weighted by Gasteiger charge is -2.17. The maximum atomic E-state index is 13.1. The lowest BCUT2D eigenvalue weighted by Crippen LogP contribution is -2.31. The Labute approximate surface area is 104 Å². The molecule has 7 nitrogen and oxygen atoms in total. The van der Waals surface area contributed by atoms with Crippen LogP contribution < -0.4 is 0 Å². The standard InChI is InChI=1S/C8H10F4N4O3/c1-19-4(2-5(17)18)3-16-7(13-14-15-16)8(11,12)6(9)10/h4,6H,2-3H2,1H3,(H,17,18). The highest BCUT2D eigenvalue weighted by Crippen LogP contribution is 2.32. The largest absolute Gasteiger partial charge is 0.481 e. The Morgan fingerprint density at radius 1 is 1.53 bits per heavy atom. The molecule has 1 heterocycles. The maximum Gasteiger partial charge on any atom is 0.367 e. The van der Waals surface area contributed by atoms with E-state index in [0.29, 0.717) is 4.68 Å². The Balaban J connectivity index is 2.91. The first kappa shape index (κ1) is 15.3. The molecule has 0 bridgehead atoms. The monoisotopic (exact) mass is 286 g/mol. The second-order valence-corrected chi connectivity index (χ2v) is 3.56. The van der Waals surface area contributed by atoms with Crippen molar-refractivity contribution in [3.63, 3.8) is 0 Å². The smallest absolute Gasteiger partial charge is 0.367 e. The van der Waals surface area contributed by atoms with Gasteiger partial charge < -0.3 is 9.84 Å². The number of alkyl halides is 4. The van der Waals surface area contributed by atoms with E-state index in [1.165, 1.54) is 0 Å². The molecule has 0 aliphatic carbocycles. The summed E-state index contributed by atoms with van der Waals surface area (Å²) in [6.07, 6.45) is -5.50. The van der Waals surface area contributed by atoms with Gasteiger partial charge in [0, 0.05) is 7.11 Å². The molecule has 0 fully saturated rings. The topological polar surface area (TPSA) is 90.1 Å². The van der Waals surface area contributed by atoms with Crippen LogP contribution >= 0.6 is 0 Å². The Morgan fingerprint density at radius 3 is 2.63 bits per heavy atom. The van der Waals surface area contributed by atoms with E-state index in [9.17, 15) is 22.4 Å². The quantitative estimate of drug-likeness (QED) is 0.735. The molecule has 1 aromatic heterocycles. The average molecular weight is 286 g/mol. The van der Waals surface area contributed by atoms with Crippen molar-refractivity contribution in [3.05, 3.63) is 5.82 Å². The molecule has 108 valence electrons. The van der Waals surface area contributed by atoms with Crippen LogP contribution in [-0.2, 0) is 22.0 Å². The first-order valence-electron chi connectivity index (χ1n) is 4.96. The maximum absolute atomic E-state index is 13.1. The molecule has 19 heavy (non-hydrogen) atoms. The summed E-state index contributed by atoms with van der Waals surface area (Å²) < 4.78 is 55.8. The summed E-state index contributed by atoms with van der Waals surface area (Å²) in [7, 11) is 1.16. The zero-order valence-electron chi connectivity index (χ0n) is 9.63. The highest BCUT2D eigenvalue weighted by atomic mass is 19.3. The fourth-order valence-electron chi connectivity index (χ4n) is 1.27. The fourth-order valence-corrected chi connectivity index (χ4v) is 1.27. The van der Waals surface area contributed by atoms with E-state index in [4.69, 9.17) is 9.84 Å². The van der Waals surface area contributed by atoms with Gasteiger partial charge in [0.25, 0.3) is 0 Å². The zero-order valence-corrected chi connectivity index (χ0v) is 9.63. The molecule has 1 unspecified atom stereocenters. The van der Waals surface area contributed by atoms with Crippen LogP contribution in [0.25, 0.3) is 0 Å². The van der Waals surface area contributed by atoms with E-state index < -0.39 is 43.2 Å². The van der Waals surface area contributed by atoms with Gasteiger partial charge in [-0.3, -0.25) is 4.79 Å². The van der Waals surface area contributed by atoms with Crippen molar-refractivity contribution >= 4 is 5.97 Å². The van der Waals surface area contributed by atoms with Gasteiger partial charge in [0.2, 0.25) is 5.82 Å². The van der Waals surface area contributed by atoms with Crippen LogP contribution in [0.4, 0.5) is 17.6 Å². The van der Waals surface area contributed by atoms with Crippen LogP contribution in [0.3, 0.4) is 0 Å². The van der Waals surface area contributed by atoms with Crippen molar-refractivity contribution in [2.75, 3.05) is 7.11 Å². The molecule has 0 spiro atoms. The van der Waals surface area contributed by atoms with E-state index in [2.05, 4.69) is 15.5 Å². The van der Waals surface area contributed by atoms with Gasteiger partial charge in [-0.15, -0.1) is 5.10 Å². The predicted molar refractivity (Wildman–Crippen MR) is 50.8 cm³/mol. The summed E-state index contributed by atoms with van der Waals surface area (Å²) >= 11 is 0. The first-order chi connectivity index (χ1) is 8.78. The second kappa shape index (κ2) is 5.91.